The van der Waals surface area contributed by atoms with E-state index in [1.54, 1.807) is 26.0 Å². The molecule has 0 radical (unpaired) electrons. The lowest BCUT2D eigenvalue weighted by Crippen LogP contribution is -2.59. The summed E-state index contributed by atoms with van der Waals surface area (Å²) in [5.74, 6) is -1.83. The van der Waals surface area contributed by atoms with Crippen LogP contribution in [0.3, 0.4) is 0 Å². The van der Waals surface area contributed by atoms with E-state index in [0.29, 0.717) is 25.1 Å². The highest BCUT2D eigenvalue weighted by molar-refractivity contribution is 5.91. The van der Waals surface area contributed by atoms with Crippen LogP contribution < -0.4 is 10.7 Å². The van der Waals surface area contributed by atoms with Gasteiger partial charge in [0, 0.05) is 30.7 Å². The predicted octanol–water partition coefficient (Wildman–Crippen LogP) is 3.49. The fourth-order valence-corrected chi connectivity index (χ4v) is 4.82. The molecule has 9 nitrogen and oxygen atoms in total. The van der Waals surface area contributed by atoms with E-state index >= 15 is 0 Å². The number of hydrogen-bond donors (Lipinski definition) is 2. The summed E-state index contributed by atoms with van der Waals surface area (Å²) in [7, 11) is 0. The van der Waals surface area contributed by atoms with Crippen molar-refractivity contribution in [3.8, 4) is 0 Å². The van der Waals surface area contributed by atoms with E-state index in [-0.39, 0.29) is 36.4 Å². The van der Waals surface area contributed by atoms with Crippen LogP contribution in [0.5, 0.6) is 0 Å². The zero-order valence-electron chi connectivity index (χ0n) is 22.4. The molecule has 0 aliphatic carbocycles. The first-order chi connectivity index (χ1) is 18.1. The number of amides is 2. The number of esters is 1. The van der Waals surface area contributed by atoms with Crippen molar-refractivity contribution in [2.24, 2.45) is 11.8 Å². The van der Waals surface area contributed by atoms with Crippen molar-refractivity contribution in [1.29, 1.82) is 0 Å². The number of aromatic nitrogens is 1. The summed E-state index contributed by atoms with van der Waals surface area (Å²) < 4.78 is 5.76. The van der Waals surface area contributed by atoms with E-state index in [1.807, 2.05) is 44.2 Å². The molecule has 2 aliphatic rings. The number of hydrogen-bond acceptors (Lipinski definition) is 7. The van der Waals surface area contributed by atoms with Crippen molar-refractivity contribution < 1.29 is 23.9 Å². The third-order valence-electron chi connectivity index (χ3n) is 7.19. The van der Waals surface area contributed by atoms with Crippen LogP contribution in [0.4, 0.5) is 0 Å². The molecule has 202 valence electrons. The summed E-state index contributed by atoms with van der Waals surface area (Å²) in [6, 6.07) is 8.08. The first kappa shape index (κ1) is 27.4. The number of nitrogens with zero attached hydrogens (tertiary/aromatic N) is 2. The Bertz CT molecular complexity index is 1260. The molecule has 5 bridgehead atoms. The van der Waals surface area contributed by atoms with E-state index in [0.717, 1.165) is 16.5 Å². The van der Waals surface area contributed by atoms with E-state index in [1.165, 1.54) is 5.01 Å². The second-order valence-corrected chi connectivity index (χ2v) is 10.5. The molecule has 4 atom stereocenters. The van der Waals surface area contributed by atoms with Crippen LogP contribution >= 0.6 is 0 Å². The molecule has 2 amide bonds. The lowest BCUT2D eigenvalue weighted by molar-refractivity contribution is -0.157. The van der Waals surface area contributed by atoms with Crippen LogP contribution in [0.15, 0.2) is 36.4 Å². The molecule has 0 spiro atoms. The van der Waals surface area contributed by atoms with Gasteiger partial charge in [0.15, 0.2) is 0 Å². The monoisotopic (exact) mass is 520 g/mol. The molecule has 1 aromatic carbocycles. The summed E-state index contributed by atoms with van der Waals surface area (Å²) in [5.41, 5.74) is 5.25. The second kappa shape index (κ2) is 11.9. The van der Waals surface area contributed by atoms with Gasteiger partial charge in [-0.05, 0) is 56.4 Å². The van der Waals surface area contributed by atoms with Crippen LogP contribution in [0.1, 0.15) is 70.7 Å². The van der Waals surface area contributed by atoms with E-state index in [2.05, 4.69) is 10.7 Å². The van der Waals surface area contributed by atoms with Gasteiger partial charge in [-0.15, -0.1) is 0 Å². The van der Waals surface area contributed by atoms with Crippen LogP contribution in [0.25, 0.3) is 17.0 Å². The van der Waals surface area contributed by atoms with Crippen molar-refractivity contribution in [2.75, 3.05) is 6.54 Å². The third-order valence-corrected chi connectivity index (χ3v) is 7.19. The number of nitrogens with one attached hydrogen (secondary N) is 2. The molecule has 0 saturated carbocycles. The number of ether oxygens (including phenoxy) is 1. The number of pyridine rings is 1. The number of hydrazine groups is 1. The fraction of sp³-hybridized carbons (Fsp3) is 0.483. The largest absolute Gasteiger partial charge is 0.457 e. The Morgan fingerprint density at radius 2 is 1.84 bits per heavy atom. The zero-order chi connectivity index (χ0) is 27.4. The Kier molecular flexibility index (Phi) is 8.56. The number of allylic oxidation sites excluding steroid dienone is 1. The van der Waals surface area contributed by atoms with Gasteiger partial charge in [-0.2, -0.15) is 0 Å². The number of cyclic esters (lactones) is 1. The molecule has 1 fully saturated rings. The Morgan fingerprint density at radius 1 is 1.08 bits per heavy atom. The molecule has 2 aromatic rings. The molecule has 9 heteroatoms. The highest BCUT2D eigenvalue weighted by atomic mass is 16.5. The van der Waals surface area contributed by atoms with Gasteiger partial charge >= 0.3 is 5.97 Å². The average Bonchev–Trinajstić information content (AvgIpc) is 2.90. The molecule has 0 unspecified atom stereocenters. The molecule has 1 saturated heterocycles. The number of fused-ring (bicyclic) bond motifs is 4. The Morgan fingerprint density at radius 3 is 2.61 bits per heavy atom. The Labute approximate surface area is 223 Å². The van der Waals surface area contributed by atoms with Crippen LogP contribution in [-0.2, 0) is 23.9 Å². The number of ketones is 1. The number of benzene rings is 1. The quantitative estimate of drug-likeness (QED) is 0.553. The van der Waals surface area contributed by atoms with Crippen LogP contribution in [-0.4, -0.2) is 52.2 Å². The van der Waals surface area contributed by atoms with Crippen molar-refractivity contribution in [3.05, 3.63) is 47.7 Å². The first-order valence-corrected chi connectivity index (χ1v) is 13.3. The summed E-state index contributed by atoms with van der Waals surface area (Å²) >= 11 is 0. The van der Waals surface area contributed by atoms with E-state index in [9.17, 15) is 19.2 Å². The normalized spacial score (nSPS) is 26.8. The third kappa shape index (κ3) is 6.45. The molecular formula is C29H36N4O5. The Balaban J connectivity index is 1.64. The highest BCUT2D eigenvalue weighted by Gasteiger charge is 2.33. The molecule has 1 aromatic heterocycles. The van der Waals surface area contributed by atoms with Gasteiger partial charge in [-0.25, -0.2) is 10.4 Å². The molecule has 4 rings (SSSR count). The summed E-state index contributed by atoms with van der Waals surface area (Å²) in [6.07, 6.45) is 4.44. The number of carbonyl (C=O) groups excluding carboxylic acids is 4. The Hall–Kier alpha value is -3.59. The maximum Gasteiger partial charge on any atom is 0.325 e. The summed E-state index contributed by atoms with van der Waals surface area (Å²) in [5, 5.41) is 5.11. The second-order valence-electron chi connectivity index (χ2n) is 10.5. The van der Waals surface area contributed by atoms with Gasteiger partial charge in [-0.3, -0.25) is 24.2 Å². The summed E-state index contributed by atoms with van der Waals surface area (Å²) in [4.78, 5) is 56.6. The lowest BCUT2D eigenvalue weighted by Gasteiger charge is -2.35. The number of rotatable bonds is 1. The first-order valence-electron chi connectivity index (χ1n) is 13.3. The average molecular weight is 521 g/mol. The van der Waals surface area contributed by atoms with Gasteiger partial charge in [0.25, 0.3) is 5.91 Å². The maximum absolute atomic E-state index is 13.1. The van der Waals surface area contributed by atoms with Crippen molar-refractivity contribution in [1.82, 2.24) is 20.7 Å². The minimum absolute atomic E-state index is 0.0620. The predicted molar refractivity (Wildman–Crippen MR) is 143 cm³/mol. The zero-order valence-corrected chi connectivity index (χ0v) is 22.4. The number of Topliss-reactive ketones (excluding diaryl/α,β-unsaturated/α-hetero) is 1. The van der Waals surface area contributed by atoms with Gasteiger partial charge < -0.3 is 10.1 Å². The van der Waals surface area contributed by atoms with E-state index < -0.39 is 30.1 Å². The SMILES string of the molecule is CC(C)[C@@H]1CC(=O)C/C=C/c2ccc3ccc(cc3n2)[C@@H](C)OC(=O)[C@@H]2CCCN(N2)C(=O)[C@H](C)NC1=O. The molecule has 38 heavy (non-hydrogen) atoms. The molecule has 3 heterocycles. The molecular weight excluding hydrogens is 484 g/mol. The maximum atomic E-state index is 13.1. The van der Waals surface area contributed by atoms with Crippen molar-refractivity contribution >= 4 is 40.5 Å². The smallest absolute Gasteiger partial charge is 0.325 e. The van der Waals surface area contributed by atoms with Gasteiger partial charge in [0.2, 0.25) is 5.91 Å². The van der Waals surface area contributed by atoms with Crippen LogP contribution in [0.2, 0.25) is 0 Å². The van der Waals surface area contributed by atoms with Crippen LogP contribution in [0, 0.1) is 11.8 Å². The van der Waals surface area contributed by atoms with Gasteiger partial charge in [0.1, 0.15) is 24.0 Å². The topological polar surface area (TPSA) is 118 Å². The highest BCUT2D eigenvalue weighted by Crippen LogP contribution is 2.24. The van der Waals surface area contributed by atoms with Crippen molar-refractivity contribution in [3.63, 3.8) is 0 Å². The van der Waals surface area contributed by atoms with Gasteiger partial charge in [-0.1, -0.05) is 38.1 Å². The minimum atomic E-state index is -0.821. The van der Waals surface area contributed by atoms with Crippen molar-refractivity contribution in [2.45, 2.75) is 71.6 Å². The fourth-order valence-electron chi connectivity index (χ4n) is 4.82. The minimum Gasteiger partial charge on any atom is -0.457 e. The summed E-state index contributed by atoms with van der Waals surface area (Å²) in [6.45, 7) is 7.60. The molecule has 2 N–H and O–H groups in total. The van der Waals surface area contributed by atoms with E-state index in [4.69, 9.17) is 9.72 Å². The molecule has 2 aliphatic heterocycles. The van der Waals surface area contributed by atoms with Gasteiger partial charge in [0.05, 0.1) is 11.2 Å². The number of carbonyl (C=O) groups is 4. The standard InChI is InChI=1S/C29H36N4O5/c1-17(2)24-16-23(34)8-5-7-22-13-12-20-10-11-21(15-26(20)31-22)19(4)38-29(37)25-9-6-14-33(32-25)28(36)18(3)30-27(24)35/h5,7,10-13,15,17-19,24-25,32H,6,8-9,14,16H2,1-4H3,(H,30,35)/b7-5+/t18-,19+,24-,25-/m0/s1. The lowest BCUT2D eigenvalue weighted by atomic mass is 9.89.